The second kappa shape index (κ2) is 5.28. The summed E-state index contributed by atoms with van der Waals surface area (Å²) in [4.78, 5) is 0. The number of hydrogen-bond acceptors (Lipinski definition) is 0. The molecule has 102 valence electrons. The fourth-order valence-corrected chi connectivity index (χ4v) is 3.35. The molecule has 0 heteroatoms. The summed E-state index contributed by atoms with van der Waals surface area (Å²) in [5.41, 5.74) is 10.2. The summed E-state index contributed by atoms with van der Waals surface area (Å²) in [5.74, 6) is 0. The number of aryl methyl sites for hydroxylation is 1. The Bertz CT molecular complexity index is 657. The Labute approximate surface area is 122 Å². The Hall–Kier alpha value is -1.82. The zero-order valence-electron chi connectivity index (χ0n) is 12.7. The van der Waals surface area contributed by atoms with Gasteiger partial charge in [-0.25, -0.2) is 0 Å². The number of rotatable bonds is 3. The largest absolute Gasteiger partial charge is 0.0651 e. The summed E-state index contributed by atoms with van der Waals surface area (Å²) in [6.45, 7) is 6.75. The Morgan fingerprint density at radius 1 is 0.900 bits per heavy atom. The van der Waals surface area contributed by atoms with Gasteiger partial charge in [0, 0.05) is 0 Å². The Morgan fingerprint density at radius 3 is 2.30 bits per heavy atom. The van der Waals surface area contributed by atoms with E-state index in [4.69, 9.17) is 0 Å². The van der Waals surface area contributed by atoms with Crippen LogP contribution in [-0.2, 0) is 12.8 Å². The molecule has 0 heterocycles. The summed E-state index contributed by atoms with van der Waals surface area (Å²) in [7, 11) is 0. The third-order valence-corrected chi connectivity index (χ3v) is 4.45. The third kappa shape index (κ3) is 2.10. The van der Waals surface area contributed by atoms with Crippen LogP contribution in [0, 0.1) is 0 Å². The minimum Gasteiger partial charge on any atom is -0.0651 e. The Morgan fingerprint density at radius 2 is 1.65 bits per heavy atom. The van der Waals surface area contributed by atoms with Crippen LogP contribution in [0.2, 0.25) is 0 Å². The van der Waals surface area contributed by atoms with Crippen LogP contribution >= 0.6 is 0 Å². The van der Waals surface area contributed by atoms with Gasteiger partial charge >= 0.3 is 0 Å². The standard InChI is InChI=1S/C20H22/c1-4-15-9-11-16(12-10-15)19-8-6-7-17-13-14(3)18(5-2)20(17)19/h6-12H,4-5,13H2,1-3H3. The quantitative estimate of drug-likeness (QED) is 0.670. The van der Waals surface area contributed by atoms with Gasteiger partial charge in [-0.1, -0.05) is 61.9 Å². The summed E-state index contributed by atoms with van der Waals surface area (Å²) in [6.07, 6.45) is 3.36. The highest BCUT2D eigenvalue weighted by Crippen LogP contribution is 2.40. The van der Waals surface area contributed by atoms with Gasteiger partial charge in [-0.05, 0) is 59.6 Å². The molecule has 0 bridgehead atoms. The summed E-state index contributed by atoms with van der Waals surface area (Å²) in [6, 6.07) is 15.8. The van der Waals surface area contributed by atoms with E-state index in [1.54, 1.807) is 11.1 Å². The van der Waals surface area contributed by atoms with Crippen molar-refractivity contribution in [3.05, 3.63) is 64.7 Å². The average molecular weight is 262 g/mol. The van der Waals surface area contributed by atoms with E-state index in [0.29, 0.717) is 0 Å². The molecule has 0 N–H and O–H groups in total. The summed E-state index contributed by atoms with van der Waals surface area (Å²) < 4.78 is 0. The van der Waals surface area contributed by atoms with Gasteiger partial charge in [-0.15, -0.1) is 0 Å². The second-order valence-electron chi connectivity index (χ2n) is 5.68. The van der Waals surface area contributed by atoms with E-state index in [2.05, 4.69) is 63.2 Å². The van der Waals surface area contributed by atoms with Crippen molar-refractivity contribution in [2.24, 2.45) is 0 Å². The van der Waals surface area contributed by atoms with Crippen LogP contribution in [0.25, 0.3) is 16.7 Å². The van der Waals surface area contributed by atoms with Gasteiger partial charge in [-0.3, -0.25) is 0 Å². The van der Waals surface area contributed by atoms with Crippen molar-refractivity contribution in [3.63, 3.8) is 0 Å². The summed E-state index contributed by atoms with van der Waals surface area (Å²) >= 11 is 0. The lowest BCUT2D eigenvalue weighted by Gasteiger charge is -2.12. The van der Waals surface area contributed by atoms with Crippen molar-refractivity contribution in [1.82, 2.24) is 0 Å². The number of fused-ring (bicyclic) bond motifs is 1. The molecule has 0 unspecified atom stereocenters. The molecule has 0 aromatic heterocycles. The van der Waals surface area contributed by atoms with Crippen molar-refractivity contribution >= 4 is 5.57 Å². The van der Waals surface area contributed by atoms with Crippen molar-refractivity contribution in [3.8, 4) is 11.1 Å². The average Bonchev–Trinajstić information content (AvgIpc) is 2.82. The molecule has 0 aliphatic heterocycles. The molecule has 1 aliphatic carbocycles. The van der Waals surface area contributed by atoms with E-state index < -0.39 is 0 Å². The lowest BCUT2D eigenvalue weighted by molar-refractivity contribution is 1.14. The van der Waals surface area contributed by atoms with Gasteiger partial charge in [0.05, 0.1) is 0 Å². The predicted molar refractivity (Wildman–Crippen MR) is 87.8 cm³/mol. The fourth-order valence-electron chi connectivity index (χ4n) is 3.35. The minimum atomic E-state index is 1.10. The fraction of sp³-hybridized carbons (Fsp3) is 0.300. The van der Waals surface area contributed by atoms with E-state index in [1.807, 2.05) is 0 Å². The summed E-state index contributed by atoms with van der Waals surface area (Å²) in [5, 5.41) is 0. The first kappa shape index (κ1) is 13.2. The maximum absolute atomic E-state index is 2.28. The molecule has 20 heavy (non-hydrogen) atoms. The topological polar surface area (TPSA) is 0 Å². The van der Waals surface area contributed by atoms with Gasteiger partial charge in [-0.2, -0.15) is 0 Å². The second-order valence-corrected chi connectivity index (χ2v) is 5.68. The molecule has 0 saturated carbocycles. The first-order valence-electron chi connectivity index (χ1n) is 7.64. The van der Waals surface area contributed by atoms with Gasteiger partial charge in [0.1, 0.15) is 0 Å². The normalized spacial score (nSPS) is 13.8. The monoisotopic (exact) mass is 262 g/mol. The zero-order valence-corrected chi connectivity index (χ0v) is 12.7. The van der Waals surface area contributed by atoms with Crippen LogP contribution in [0.3, 0.4) is 0 Å². The van der Waals surface area contributed by atoms with Crippen molar-refractivity contribution in [2.75, 3.05) is 0 Å². The minimum absolute atomic E-state index is 1.10. The molecule has 0 spiro atoms. The Balaban J connectivity index is 2.14. The van der Waals surface area contributed by atoms with Crippen LogP contribution in [0.1, 0.15) is 43.9 Å². The molecule has 0 saturated heterocycles. The molecule has 0 nitrogen and oxygen atoms in total. The smallest absolute Gasteiger partial charge is 0.00576 e. The molecule has 1 aliphatic rings. The first-order chi connectivity index (χ1) is 9.74. The highest BCUT2D eigenvalue weighted by molar-refractivity contribution is 5.87. The number of benzene rings is 2. The van der Waals surface area contributed by atoms with E-state index in [9.17, 15) is 0 Å². The highest BCUT2D eigenvalue weighted by atomic mass is 14.2. The van der Waals surface area contributed by atoms with E-state index >= 15 is 0 Å². The van der Waals surface area contributed by atoms with E-state index in [1.165, 1.54) is 27.8 Å². The number of hydrogen-bond donors (Lipinski definition) is 0. The van der Waals surface area contributed by atoms with Crippen molar-refractivity contribution < 1.29 is 0 Å². The molecule has 0 fully saturated rings. The lowest BCUT2D eigenvalue weighted by atomic mass is 9.92. The number of allylic oxidation sites excluding steroid dienone is 2. The van der Waals surface area contributed by atoms with Crippen LogP contribution in [0.15, 0.2) is 48.0 Å². The molecule has 0 radical (unpaired) electrons. The SMILES string of the molecule is CCC1=C(C)Cc2cccc(-c3ccc(CC)cc3)c21. The maximum Gasteiger partial charge on any atom is -0.00576 e. The van der Waals surface area contributed by atoms with E-state index in [0.717, 1.165) is 19.3 Å². The highest BCUT2D eigenvalue weighted by Gasteiger charge is 2.20. The molecule has 3 rings (SSSR count). The molecular weight excluding hydrogens is 240 g/mol. The maximum atomic E-state index is 2.28. The molecule has 0 amide bonds. The van der Waals surface area contributed by atoms with Gasteiger partial charge in [0.25, 0.3) is 0 Å². The van der Waals surface area contributed by atoms with Crippen LogP contribution in [0.4, 0.5) is 0 Å². The van der Waals surface area contributed by atoms with Crippen molar-refractivity contribution in [1.29, 1.82) is 0 Å². The van der Waals surface area contributed by atoms with Crippen LogP contribution < -0.4 is 0 Å². The first-order valence-corrected chi connectivity index (χ1v) is 7.64. The molecular formula is C20H22. The zero-order chi connectivity index (χ0) is 14.1. The predicted octanol–water partition coefficient (Wildman–Crippen LogP) is 5.66. The third-order valence-electron chi connectivity index (χ3n) is 4.45. The van der Waals surface area contributed by atoms with Gasteiger partial charge in [0.2, 0.25) is 0 Å². The van der Waals surface area contributed by atoms with Crippen LogP contribution in [0.5, 0.6) is 0 Å². The van der Waals surface area contributed by atoms with Crippen LogP contribution in [-0.4, -0.2) is 0 Å². The Kier molecular flexibility index (Phi) is 3.48. The van der Waals surface area contributed by atoms with Crippen molar-refractivity contribution in [2.45, 2.75) is 40.0 Å². The van der Waals surface area contributed by atoms with E-state index in [-0.39, 0.29) is 0 Å². The molecule has 0 atom stereocenters. The van der Waals surface area contributed by atoms with Gasteiger partial charge < -0.3 is 0 Å². The molecule has 2 aromatic rings. The van der Waals surface area contributed by atoms with Gasteiger partial charge in [0.15, 0.2) is 0 Å². The molecule has 2 aromatic carbocycles. The lowest BCUT2D eigenvalue weighted by Crippen LogP contribution is -1.90.